The fourth-order valence-corrected chi connectivity index (χ4v) is 1.99. The van der Waals surface area contributed by atoms with Crippen LogP contribution in [0.1, 0.15) is 0 Å². The van der Waals surface area contributed by atoms with Gasteiger partial charge in [-0.2, -0.15) is 23.5 Å². The Morgan fingerprint density at radius 3 is 1.46 bits per heavy atom. The zero-order valence-corrected chi connectivity index (χ0v) is 9.21. The first-order chi connectivity index (χ1) is 5.63. The van der Waals surface area contributed by atoms with Gasteiger partial charge in [-0.25, -0.2) is 0 Å². The molecular formula is C6H8NiO4S2. The molecule has 0 aliphatic carbocycles. The zero-order chi connectivity index (χ0) is 9.40. The van der Waals surface area contributed by atoms with E-state index >= 15 is 0 Å². The van der Waals surface area contributed by atoms with Crippen LogP contribution >= 0.6 is 23.5 Å². The minimum absolute atomic E-state index is 0. The Morgan fingerprint density at radius 2 is 1.23 bits per heavy atom. The third-order valence-corrected chi connectivity index (χ3v) is 2.94. The molecule has 0 aromatic heterocycles. The van der Waals surface area contributed by atoms with Gasteiger partial charge in [0, 0.05) is 23.0 Å². The molecule has 0 spiro atoms. The van der Waals surface area contributed by atoms with Crippen molar-refractivity contribution < 1.29 is 36.3 Å². The normalized spacial score (nSPS) is 8.92. The molecule has 0 radical (unpaired) electrons. The van der Waals surface area contributed by atoms with Gasteiger partial charge >= 0.3 is 16.5 Å². The van der Waals surface area contributed by atoms with Crippen molar-refractivity contribution in [3.63, 3.8) is 0 Å². The summed E-state index contributed by atoms with van der Waals surface area (Å²) >= 11 is 2.43. The Hall–Kier alpha value is 0.134. The van der Waals surface area contributed by atoms with E-state index < -0.39 is 11.9 Å². The quantitative estimate of drug-likeness (QED) is 0.390. The molecule has 0 saturated carbocycles. The van der Waals surface area contributed by atoms with Gasteiger partial charge in [-0.15, -0.1) is 0 Å². The monoisotopic (exact) mass is 266 g/mol. The van der Waals surface area contributed by atoms with E-state index in [4.69, 9.17) is 0 Å². The molecule has 0 bridgehead atoms. The summed E-state index contributed by atoms with van der Waals surface area (Å²) in [7, 11) is 0. The summed E-state index contributed by atoms with van der Waals surface area (Å²) in [5.41, 5.74) is 0. The zero-order valence-electron chi connectivity index (χ0n) is 6.59. The summed E-state index contributed by atoms with van der Waals surface area (Å²) in [6.45, 7) is 0. The molecule has 4 nitrogen and oxygen atoms in total. The summed E-state index contributed by atoms with van der Waals surface area (Å²) in [6, 6.07) is 0. The number of carbonyl (C=O) groups excluding carboxylic acids is 2. The number of hydrogen-bond acceptors (Lipinski definition) is 6. The molecule has 0 fully saturated rings. The second-order valence-corrected chi connectivity index (χ2v) is 4.06. The summed E-state index contributed by atoms with van der Waals surface area (Å²) < 4.78 is 0. The van der Waals surface area contributed by atoms with Crippen molar-refractivity contribution in [2.24, 2.45) is 0 Å². The molecule has 0 heterocycles. The van der Waals surface area contributed by atoms with E-state index in [0.29, 0.717) is 11.5 Å². The van der Waals surface area contributed by atoms with Crippen molar-refractivity contribution in [3.05, 3.63) is 0 Å². The van der Waals surface area contributed by atoms with Crippen LogP contribution in [0, 0.1) is 0 Å². The molecular weight excluding hydrogens is 259 g/mol. The Kier molecular flexibility index (Phi) is 12.3. The summed E-state index contributed by atoms with van der Waals surface area (Å²) in [5.74, 6) is -1.02. The summed E-state index contributed by atoms with van der Waals surface area (Å²) in [6.07, 6.45) is 0. The average Bonchev–Trinajstić information content (AvgIpc) is 1.95. The topological polar surface area (TPSA) is 80.3 Å². The molecule has 0 N–H and O–H groups in total. The fourth-order valence-electron chi connectivity index (χ4n) is 0.429. The first kappa shape index (κ1) is 15.6. The molecule has 13 heavy (non-hydrogen) atoms. The van der Waals surface area contributed by atoms with Crippen molar-refractivity contribution in [2.75, 3.05) is 23.0 Å². The minimum atomic E-state index is -1.09. The maximum atomic E-state index is 9.90. The predicted octanol–water partition coefficient (Wildman–Crippen LogP) is -2.05. The largest absolute Gasteiger partial charge is 2.00 e. The number of hydrogen-bond donors (Lipinski definition) is 0. The van der Waals surface area contributed by atoms with Crippen LogP contribution in [0.15, 0.2) is 0 Å². The maximum absolute atomic E-state index is 9.90. The number of carbonyl (C=O) groups is 2. The Labute approximate surface area is 94.8 Å². The summed E-state index contributed by atoms with van der Waals surface area (Å²) in [5, 5.41) is 19.8. The molecule has 7 heteroatoms. The minimum Gasteiger partial charge on any atom is -0.549 e. The molecule has 0 aliphatic heterocycles. The molecule has 0 amide bonds. The van der Waals surface area contributed by atoms with Crippen LogP contribution in [0.2, 0.25) is 0 Å². The van der Waals surface area contributed by atoms with E-state index in [9.17, 15) is 19.8 Å². The average molecular weight is 267 g/mol. The Bertz CT molecular complexity index is 147. The van der Waals surface area contributed by atoms with Gasteiger partial charge in [-0.05, 0) is 0 Å². The third-order valence-electron chi connectivity index (χ3n) is 0.812. The first-order valence-electron chi connectivity index (χ1n) is 3.18. The molecule has 0 atom stereocenters. The molecule has 0 rings (SSSR count). The van der Waals surface area contributed by atoms with Crippen LogP contribution in [0.4, 0.5) is 0 Å². The van der Waals surface area contributed by atoms with Crippen molar-refractivity contribution in [3.8, 4) is 0 Å². The van der Waals surface area contributed by atoms with Gasteiger partial charge in [0.2, 0.25) is 0 Å². The fraction of sp³-hybridized carbons (Fsp3) is 0.667. The Balaban J connectivity index is 0. The van der Waals surface area contributed by atoms with E-state index in [1.54, 1.807) is 0 Å². The standard InChI is InChI=1S/C6H10O4S2.Ni/c7-5(8)3-11-1-2-12-4-6(9)10;/h1-4H2,(H,7,8)(H,9,10);/q;+2/p-2. The van der Waals surface area contributed by atoms with Gasteiger partial charge in [0.05, 0.1) is 11.9 Å². The number of carboxylic acids is 2. The van der Waals surface area contributed by atoms with Crippen LogP contribution < -0.4 is 10.2 Å². The predicted molar refractivity (Wildman–Crippen MR) is 44.7 cm³/mol. The smallest absolute Gasteiger partial charge is 0.549 e. The SMILES string of the molecule is O=C([O-])CSCCSCC(=O)[O-].[Ni+2]. The van der Waals surface area contributed by atoms with Crippen LogP contribution in [0.3, 0.4) is 0 Å². The Morgan fingerprint density at radius 1 is 0.923 bits per heavy atom. The van der Waals surface area contributed by atoms with E-state index in [1.807, 2.05) is 0 Å². The molecule has 0 aromatic rings. The van der Waals surface area contributed by atoms with Gasteiger partial charge in [0.15, 0.2) is 0 Å². The number of aliphatic carboxylic acids is 2. The van der Waals surface area contributed by atoms with E-state index in [-0.39, 0.29) is 28.0 Å². The van der Waals surface area contributed by atoms with Crippen molar-refractivity contribution in [1.29, 1.82) is 0 Å². The van der Waals surface area contributed by atoms with Crippen LogP contribution in [0.5, 0.6) is 0 Å². The van der Waals surface area contributed by atoms with E-state index in [1.165, 1.54) is 23.5 Å². The molecule has 0 aromatic carbocycles. The number of carboxylic acid groups (broad SMARTS) is 2. The second kappa shape index (κ2) is 10.2. The van der Waals surface area contributed by atoms with Crippen molar-refractivity contribution in [2.45, 2.75) is 0 Å². The van der Waals surface area contributed by atoms with Crippen LogP contribution in [-0.2, 0) is 26.1 Å². The van der Waals surface area contributed by atoms with Gasteiger partial charge in [-0.3, -0.25) is 0 Å². The van der Waals surface area contributed by atoms with E-state index in [2.05, 4.69) is 0 Å². The third kappa shape index (κ3) is 14.9. The second-order valence-electron chi connectivity index (χ2n) is 1.85. The first-order valence-corrected chi connectivity index (χ1v) is 5.49. The van der Waals surface area contributed by atoms with E-state index in [0.717, 1.165) is 0 Å². The molecule has 0 unspecified atom stereocenters. The number of rotatable bonds is 7. The number of thioether (sulfide) groups is 2. The summed E-state index contributed by atoms with van der Waals surface area (Å²) in [4.78, 5) is 19.8. The van der Waals surface area contributed by atoms with Crippen LogP contribution in [-0.4, -0.2) is 35.0 Å². The van der Waals surface area contributed by atoms with Gasteiger partial charge in [0.25, 0.3) is 0 Å². The van der Waals surface area contributed by atoms with Gasteiger partial charge in [0.1, 0.15) is 0 Å². The van der Waals surface area contributed by atoms with Gasteiger partial charge in [-0.1, -0.05) is 0 Å². The molecule has 0 aliphatic rings. The maximum Gasteiger partial charge on any atom is 2.00 e. The molecule has 0 saturated heterocycles. The van der Waals surface area contributed by atoms with Crippen LogP contribution in [0.25, 0.3) is 0 Å². The van der Waals surface area contributed by atoms with Crippen molar-refractivity contribution in [1.82, 2.24) is 0 Å². The van der Waals surface area contributed by atoms with Crippen molar-refractivity contribution >= 4 is 35.5 Å². The van der Waals surface area contributed by atoms with Gasteiger partial charge < -0.3 is 19.8 Å². The molecule has 78 valence electrons.